The minimum atomic E-state index is -0.531. The fraction of sp³-hybridized carbons (Fsp3) is 0.619. The number of nitrogens with one attached hydrogen (secondary N) is 1. The van der Waals surface area contributed by atoms with Gasteiger partial charge >= 0.3 is 0 Å². The summed E-state index contributed by atoms with van der Waals surface area (Å²) in [4.78, 5) is 20.3. The van der Waals surface area contributed by atoms with Gasteiger partial charge in [0.25, 0.3) is 5.91 Å². The number of carbonyl (C=O) groups is 1. The zero-order valence-electron chi connectivity index (χ0n) is 16.9. The maximum Gasteiger partial charge on any atom is 0.264 e. The first-order valence-electron chi connectivity index (χ1n) is 9.91. The second kappa shape index (κ2) is 11.7. The van der Waals surface area contributed by atoms with E-state index in [0.717, 1.165) is 57.0 Å². The van der Waals surface area contributed by atoms with E-state index < -0.39 is 6.10 Å². The topological polar surface area (TPSA) is 63.2 Å². The number of nitrogens with zero attached hydrogens (tertiary/aromatic N) is 2. The van der Waals surface area contributed by atoms with E-state index >= 15 is 0 Å². The van der Waals surface area contributed by atoms with Crippen LogP contribution in [0.2, 0.25) is 0 Å². The maximum atomic E-state index is 12.5. The van der Waals surface area contributed by atoms with Crippen molar-refractivity contribution in [3.05, 3.63) is 35.4 Å². The van der Waals surface area contributed by atoms with Crippen molar-refractivity contribution in [3.63, 3.8) is 0 Å². The molecule has 0 aliphatic carbocycles. The minimum absolute atomic E-state index is 0.105. The molecule has 1 saturated heterocycles. The fourth-order valence-corrected chi connectivity index (χ4v) is 2.95. The summed E-state index contributed by atoms with van der Waals surface area (Å²) < 4.78 is 5.40. The van der Waals surface area contributed by atoms with Crippen LogP contribution in [0.5, 0.6) is 0 Å². The van der Waals surface area contributed by atoms with E-state index in [2.05, 4.69) is 34.4 Å². The van der Waals surface area contributed by atoms with Gasteiger partial charge in [-0.15, -0.1) is 0 Å². The zero-order valence-corrected chi connectivity index (χ0v) is 16.9. The van der Waals surface area contributed by atoms with Gasteiger partial charge in [0, 0.05) is 26.2 Å². The van der Waals surface area contributed by atoms with Crippen molar-refractivity contribution in [2.45, 2.75) is 59.2 Å². The molecule has 27 heavy (non-hydrogen) atoms. The third-order valence-electron chi connectivity index (χ3n) is 4.44. The highest BCUT2D eigenvalue weighted by molar-refractivity contribution is 5.81. The number of morpholine rings is 1. The number of carbonyl (C=O) groups excluding carboxylic acids is 1. The van der Waals surface area contributed by atoms with E-state index in [9.17, 15) is 4.79 Å². The van der Waals surface area contributed by atoms with Crippen LogP contribution in [0.3, 0.4) is 0 Å². The van der Waals surface area contributed by atoms with E-state index in [1.54, 1.807) is 0 Å². The number of ether oxygens (including phenoxy) is 1. The van der Waals surface area contributed by atoms with Gasteiger partial charge in [0.2, 0.25) is 6.10 Å². The van der Waals surface area contributed by atoms with Crippen molar-refractivity contribution in [1.82, 2.24) is 10.2 Å². The molecule has 1 fully saturated rings. The molecule has 6 nitrogen and oxygen atoms in total. The van der Waals surface area contributed by atoms with E-state index in [-0.39, 0.29) is 5.91 Å². The first kappa shape index (κ1) is 21.4. The molecule has 1 aromatic rings. The van der Waals surface area contributed by atoms with Crippen molar-refractivity contribution >= 4 is 11.6 Å². The predicted molar refractivity (Wildman–Crippen MR) is 108 cm³/mol. The number of unbranched alkanes of at least 4 members (excludes halogenated alkanes) is 1. The van der Waals surface area contributed by atoms with Gasteiger partial charge in [-0.1, -0.05) is 42.8 Å². The van der Waals surface area contributed by atoms with Crippen LogP contribution in [0.1, 0.15) is 51.2 Å². The molecule has 150 valence electrons. The first-order chi connectivity index (χ1) is 13.1. The highest BCUT2D eigenvalue weighted by atomic mass is 16.6. The number of amides is 1. The number of hydrogen-bond acceptors (Lipinski definition) is 5. The molecule has 0 saturated carbocycles. The van der Waals surface area contributed by atoms with Crippen molar-refractivity contribution < 1.29 is 14.4 Å². The number of benzene rings is 1. The Morgan fingerprint density at radius 2 is 2.04 bits per heavy atom. The molecular formula is C21H33N3O3. The lowest BCUT2D eigenvalue weighted by Crippen LogP contribution is -2.36. The summed E-state index contributed by atoms with van der Waals surface area (Å²) in [6.07, 6.45) is 2.10. The molecule has 0 radical (unpaired) electrons. The van der Waals surface area contributed by atoms with Crippen LogP contribution < -0.4 is 5.32 Å². The molecular weight excluding hydrogens is 342 g/mol. The summed E-state index contributed by atoms with van der Waals surface area (Å²) in [7, 11) is 0. The normalized spacial score (nSPS) is 15.8. The summed E-state index contributed by atoms with van der Waals surface area (Å²) in [6.45, 7) is 10.8. The second-order valence-electron chi connectivity index (χ2n) is 7.20. The molecule has 1 aliphatic heterocycles. The van der Waals surface area contributed by atoms with Gasteiger partial charge in [0.05, 0.1) is 18.9 Å². The average Bonchev–Trinajstić information content (AvgIpc) is 2.67. The lowest BCUT2D eigenvalue weighted by Gasteiger charge is -2.26. The molecule has 0 unspecified atom stereocenters. The quantitative estimate of drug-likeness (QED) is 0.504. The Bertz CT molecular complexity index is 608. The fourth-order valence-electron chi connectivity index (χ4n) is 2.95. The molecule has 0 bridgehead atoms. The molecule has 6 heteroatoms. The Kier molecular flexibility index (Phi) is 9.28. The molecule has 0 aromatic heterocycles. The lowest BCUT2D eigenvalue weighted by molar-refractivity contribution is -0.133. The summed E-state index contributed by atoms with van der Waals surface area (Å²) >= 11 is 0. The van der Waals surface area contributed by atoms with Crippen LogP contribution in [0.25, 0.3) is 0 Å². The highest BCUT2D eigenvalue weighted by Crippen LogP contribution is 2.11. The monoisotopic (exact) mass is 375 g/mol. The van der Waals surface area contributed by atoms with Crippen LogP contribution in [0.15, 0.2) is 29.4 Å². The summed E-state index contributed by atoms with van der Waals surface area (Å²) in [5.41, 5.74) is 3.16. The smallest absolute Gasteiger partial charge is 0.264 e. The highest BCUT2D eigenvalue weighted by Gasteiger charge is 2.19. The predicted octanol–water partition coefficient (Wildman–Crippen LogP) is 3.11. The molecule has 1 aromatic carbocycles. The van der Waals surface area contributed by atoms with Gasteiger partial charge in [-0.05, 0) is 37.8 Å². The van der Waals surface area contributed by atoms with Crippen LogP contribution in [-0.2, 0) is 27.5 Å². The first-order valence-corrected chi connectivity index (χ1v) is 9.91. The van der Waals surface area contributed by atoms with Crippen LogP contribution in [0.4, 0.5) is 0 Å². The largest absolute Gasteiger partial charge is 0.382 e. The standard InChI is InChI=1S/C21H33N3O3/c1-4-5-9-20(27-23-17(2)3)21(25)22-15-18-7-6-8-19(14-18)16-24-10-12-26-13-11-24/h6-8,14,20H,4-5,9-13,15-16H2,1-3H3,(H,22,25)/t20-/m1/s1. The van der Waals surface area contributed by atoms with Crippen LogP contribution >= 0.6 is 0 Å². The minimum Gasteiger partial charge on any atom is -0.382 e. The Morgan fingerprint density at radius 1 is 1.30 bits per heavy atom. The van der Waals surface area contributed by atoms with E-state index in [4.69, 9.17) is 9.57 Å². The Morgan fingerprint density at radius 3 is 2.74 bits per heavy atom. The van der Waals surface area contributed by atoms with Gasteiger partial charge in [0.1, 0.15) is 0 Å². The molecule has 1 amide bonds. The molecule has 2 rings (SSSR count). The lowest BCUT2D eigenvalue weighted by atomic mass is 10.1. The van der Waals surface area contributed by atoms with Gasteiger partial charge < -0.3 is 14.9 Å². The summed E-state index contributed by atoms with van der Waals surface area (Å²) in [6, 6.07) is 8.38. The van der Waals surface area contributed by atoms with Gasteiger partial charge in [0.15, 0.2) is 0 Å². The Labute approximate surface area is 162 Å². The number of hydrogen-bond donors (Lipinski definition) is 1. The van der Waals surface area contributed by atoms with Crippen LogP contribution in [0, 0.1) is 0 Å². The summed E-state index contributed by atoms with van der Waals surface area (Å²) in [5.74, 6) is -0.105. The Balaban J connectivity index is 1.88. The van der Waals surface area contributed by atoms with Gasteiger partial charge in [-0.25, -0.2) is 0 Å². The third-order valence-corrected chi connectivity index (χ3v) is 4.44. The van der Waals surface area contributed by atoms with E-state index in [0.29, 0.717) is 13.0 Å². The zero-order chi connectivity index (χ0) is 19.5. The molecule has 1 atom stereocenters. The summed E-state index contributed by atoms with van der Waals surface area (Å²) in [5, 5.41) is 6.97. The maximum absolute atomic E-state index is 12.5. The molecule has 0 spiro atoms. The third kappa shape index (κ3) is 8.10. The average molecular weight is 376 g/mol. The van der Waals surface area contributed by atoms with Crippen LogP contribution in [-0.4, -0.2) is 48.9 Å². The van der Waals surface area contributed by atoms with Crippen molar-refractivity contribution in [2.75, 3.05) is 26.3 Å². The molecule has 1 N–H and O–H groups in total. The second-order valence-corrected chi connectivity index (χ2v) is 7.20. The van der Waals surface area contributed by atoms with Crippen molar-refractivity contribution in [1.29, 1.82) is 0 Å². The molecule has 1 heterocycles. The van der Waals surface area contributed by atoms with Crippen molar-refractivity contribution in [3.8, 4) is 0 Å². The Hall–Kier alpha value is -1.92. The van der Waals surface area contributed by atoms with Gasteiger partial charge in [-0.2, -0.15) is 0 Å². The van der Waals surface area contributed by atoms with Gasteiger partial charge in [-0.3, -0.25) is 9.69 Å². The SMILES string of the molecule is CCCC[C@@H](ON=C(C)C)C(=O)NCc1cccc(CN2CCOCC2)c1. The number of oxime groups is 1. The van der Waals surface area contributed by atoms with E-state index in [1.807, 2.05) is 26.0 Å². The molecule has 1 aliphatic rings. The number of rotatable bonds is 10. The van der Waals surface area contributed by atoms with E-state index in [1.165, 1.54) is 5.56 Å². The van der Waals surface area contributed by atoms with Crippen molar-refractivity contribution in [2.24, 2.45) is 5.16 Å².